The van der Waals surface area contributed by atoms with Gasteiger partial charge in [-0.05, 0) is 36.1 Å². The van der Waals surface area contributed by atoms with Crippen molar-refractivity contribution in [2.75, 3.05) is 0 Å². The van der Waals surface area contributed by atoms with Crippen molar-refractivity contribution in [2.45, 2.75) is 19.8 Å². The molecule has 1 N–H and O–H groups in total. The standard InChI is InChI=1S/C16H16O2/c1-12(10-16(17)18)6-7-13-8-9-14-4-2-3-5-15(14)11-13/h2-5,8-11H,6-7H2,1H3,(H,17,18). The SMILES string of the molecule is CC(=CC(=O)O)CCc1ccc2ccccc2c1. The molecule has 2 heteroatoms. The Kier molecular flexibility index (Phi) is 3.78. The zero-order valence-corrected chi connectivity index (χ0v) is 10.4. The van der Waals surface area contributed by atoms with Crippen LogP contribution in [-0.4, -0.2) is 11.1 Å². The van der Waals surface area contributed by atoms with E-state index >= 15 is 0 Å². The van der Waals surface area contributed by atoms with Crippen molar-refractivity contribution in [1.29, 1.82) is 0 Å². The zero-order valence-electron chi connectivity index (χ0n) is 10.4. The lowest BCUT2D eigenvalue weighted by Crippen LogP contribution is -1.92. The van der Waals surface area contributed by atoms with Gasteiger partial charge in [0, 0.05) is 6.08 Å². The summed E-state index contributed by atoms with van der Waals surface area (Å²) in [6.07, 6.45) is 2.94. The minimum absolute atomic E-state index is 0.782. The lowest BCUT2D eigenvalue weighted by molar-refractivity contribution is -0.131. The Hall–Kier alpha value is -2.09. The molecular weight excluding hydrogens is 224 g/mol. The minimum Gasteiger partial charge on any atom is -0.478 e. The molecule has 2 aromatic carbocycles. The molecule has 0 saturated heterocycles. The molecule has 0 atom stereocenters. The number of carboxylic acid groups (broad SMARTS) is 1. The first-order valence-corrected chi connectivity index (χ1v) is 6.03. The largest absolute Gasteiger partial charge is 0.478 e. The van der Waals surface area contributed by atoms with Crippen LogP contribution in [0.5, 0.6) is 0 Å². The molecule has 2 nitrogen and oxygen atoms in total. The van der Waals surface area contributed by atoms with Crippen molar-refractivity contribution in [1.82, 2.24) is 0 Å². The van der Waals surface area contributed by atoms with Crippen molar-refractivity contribution in [3.05, 3.63) is 59.7 Å². The van der Waals surface area contributed by atoms with Gasteiger partial charge in [-0.1, -0.05) is 48.0 Å². The van der Waals surface area contributed by atoms with Gasteiger partial charge in [0.25, 0.3) is 0 Å². The number of carboxylic acids is 1. The summed E-state index contributed by atoms with van der Waals surface area (Å²) < 4.78 is 0. The molecule has 0 spiro atoms. The summed E-state index contributed by atoms with van der Waals surface area (Å²) in [5, 5.41) is 11.1. The molecule has 0 aliphatic heterocycles. The molecule has 92 valence electrons. The third-order valence-corrected chi connectivity index (χ3v) is 2.99. The van der Waals surface area contributed by atoms with E-state index in [1.807, 2.05) is 19.1 Å². The first kappa shape index (κ1) is 12.4. The number of hydrogen-bond donors (Lipinski definition) is 1. The van der Waals surface area contributed by atoms with E-state index < -0.39 is 5.97 Å². The third-order valence-electron chi connectivity index (χ3n) is 2.99. The highest BCUT2D eigenvalue weighted by atomic mass is 16.4. The zero-order chi connectivity index (χ0) is 13.0. The van der Waals surface area contributed by atoms with Gasteiger partial charge in [-0.2, -0.15) is 0 Å². The smallest absolute Gasteiger partial charge is 0.328 e. The van der Waals surface area contributed by atoms with E-state index in [0.717, 1.165) is 18.4 Å². The number of aliphatic carboxylic acids is 1. The number of hydrogen-bond acceptors (Lipinski definition) is 1. The van der Waals surface area contributed by atoms with Crippen molar-refractivity contribution in [3.8, 4) is 0 Å². The molecule has 0 heterocycles. The Morgan fingerprint density at radius 2 is 1.89 bits per heavy atom. The van der Waals surface area contributed by atoms with E-state index in [-0.39, 0.29) is 0 Å². The third kappa shape index (κ3) is 3.20. The van der Waals surface area contributed by atoms with E-state index in [0.29, 0.717) is 0 Å². The van der Waals surface area contributed by atoms with Gasteiger partial charge in [0.2, 0.25) is 0 Å². The topological polar surface area (TPSA) is 37.3 Å². The Morgan fingerprint density at radius 3 is 2.61 bits per heavy atom. The van der Waals surface area contributed by atoms with Crippen LogP contribution < -0.4 is 0 Å². The lowest BCUT2D eigenvalue weighted by Gasteiger charge is -2.04. The summed E-state index contributed by atoms with van der Waals surface area (Å²) in [6.45, 7) is 1.86. The molecule has 0 saturated carbocycles. The van der Waals surface area contributed by atoms with Crippen LogP contribution in [0.2, 0.25) is 0 Å². The van der Waals surface area contributed by atoms with Gasteiger partial charge in [0.15, 0.2) is 0 Å². The number of fused-ring (bicyclic) bond motifs is 1. The molecule has 2 aromatic rings. The summed E-state index contributed by atoms with van der Waals surface area (Å²) in [6, 6.07) is 14.6. The highest BCUT2D eigenvalue weighted by molar-refractivity contribution is 5.83. The van der Waals surface area contributed by atoms with E-state index in [4.69, 9.17) is 5.11 Å². The van der Waals surface area contributed by atoms with Gasteiger partial charge in [-0.15, -0.1) is 0 Å². The van der Waals surface area contributed by atoms with Gasteiger partial charge < -0.3 is 5.11 Å². The van der Waals surface area contributed by atoms with Gasteiger partial charge in [0.1, 0.15) is 0 Å². The van der Waals surface area contributed by atoms with Gasteiger partial charge >= 0.3 is 5.97 Å². The number of aryl methyl sites for hydroxylation is 1. The molecule has 0 fully saturated rings. The van der Waals surface area contributed by atoms with E-state index in [1.54, 1.807) is 0 Å². The van der Waals surface area contributed by atoms with Crippen LogP contribution in [0.1, 0.15) is 18.9 Å². The van der Waals surface area contributed by atoms with E-state index in [1.165, 1.54) is 22.4 Å². The number of allylic oxidation sites excluding steroid dienone is 1. The first-order valence-electron chi connectivity index (χ1n) is 6.03. The summed E-state index contributed by atoms with van der Waals surface area (Å²) in [5.74, 6) is -0.869. The molecule has 0 unspecified atom stereocenters. The summed E-state index contributed by atoms with van der Waals surface area (Å²) in [4.78, 5) is 10.5. The Labute approximate surface area is 107 Å². The number of rotatable bonds is 4. The summed E-state index contributed by atoms with van der Waals surface area (Å²) in [5.41, 5.74) is 2.14. The van der Waals surface area contributed by atoms with Crippen LogP contribution >= 0.6 is 0 Å². The molecule has 2 rings (SSSR count). The quantitative estimate of drug-likeness (QED) is 0.825. The van der Waals surface area contributed by atoms with Crippen LogP contribution in [0.4, 0.5) is 0 Å². The highest BCUT2D eigenvalue weighted by Gasteiger charge is 1.99. The second kappa shape index (κ2) is 5.50. The second-order valence-electron chi connectivity index (χ2n) is 4.51. The molecule has 0 bridgehead atoms. The van der Waals surface area contributed by atoms with Gasteiger partial charge in [-0.25, -0.2) is 4.79 Å². The summed E-state index contributed by atoms with van der Waals surface area (Å²) >= 11 is 0. The maximum absolute atomic E-state index is 10.5. The minimum atomic E-state index is -0.869. The Morgan fingerprint density at radius 1 is 1.17 bits per heavy atom. The van der Waals surface area contributed by atoms with Gasteiger partial charge in [-0.3, -0.25) is 0 Å². The Bertz CT molecular complexity index is 597. The van der Waals surface area contributed by atoms with E-state index in [2.05, 4.69) is 30.3 Å². The van der Waals surface area contributed by atoms with E-state index in [9.17, 15) is 4.79 Å². The molecular formula is C16H16O2. The molecule has 0 aliphatic carbocycles. The summed E-state index contributed by atoms with van der Waals surface area (Å²) in [7, 11) is 0. The van der Waals surface area contributed by atoms with Crippen molar-refractivity contribution in [2.24, 2.45) is 0 Å². The van der Waals surface area contributed by atoms with Crippen molar-refractivity contribution < 1.29 is 9.90 Å². The highest BCUT2D eigenvalue weighted by Crippen LogP contribution is 2.17. The van der Waals surface area contributed by atoms with Crippen LogP contribution in [0, 0.1) is 0 Å². The lowest BCUT2D eigenvalue weighted by atomic mass is 10.0. The van der Waals surface area contributed by atoms with Crippen LogP contribution in [-0.2, 0) is 11.2 Å². The normalized spacial score (nSPS) is 11.7. The average molecular weight is 240 g/mol. The second-order valence-corrected chi connectivity index (χ2v) is 4.51. The van der Waals surface area contributed by atoms with Gasteiger partial charge in [0.05, 0.1) is 0 Å². The Balaban J connectivity index is 2.10. The number of benzene rings is 2. The van der Waals surface area contributed by atoms with Crippen molar-refractivity contribution >= 4 is 16.7 Å². The molecule has 0 aliphatic rings. The molecule has 0 aromatic heterocycles. The molecule has 0 radical (unpaired) electrons. The maximum atomic E-state index is 10.5. The fraction of sp³-hybridized carbons (Fsp3) is 0.188. The first-order chi connectivity index (χ1) is 8.65. The fourth-order valence-electron chi connectivity index (χ4n) is 2.02. The van der Waals surface area contributed by atoms with Crippen LogP contribution in [0.15, 0.2) is 54.1 Å². The van der Waals surface area contributed by atoms with Crippen LogP contribution in [0.3, 0.4) is 0 Å². The molecule has 18 heavy (non-hydrogen) atoms. The average Bonchev–Trinajstić information content (AvgIpc) is 2.35. The maximum Gasteiger partial charge on any atom is 0.328 e. The predicted molar refractivity (Wildman–Crippen MR) is 73.7 cm³/mol. The van der Waals surface area contributed by atoms with Crippen molar-refractivity contribution in [3.63, 3.8) is 0 Å². The monoisotopic (exact) mass is 240 g/mol. The predicted octanol–water partition coefficient (Wildman–Crippen LogP) is 3.80. The molecule has 0 amide bonds. The number of carbonyl (C=O) groups is 1. The fourth-order valence-corrected chi connectivity index (χ4v) is 2.02. The van der Waals surface area contributed by atoms with Crippen LogP contribution in [0.25, 0.3) is 10.8 Å².